The second kappa shape index (κ2) is 8.00. The first-order chi connectivity index (χ1) is 13.9. The molecule has 2 N–H and O–H groups in total. The maximum Gasteiger partial charge on any atom is 0.367 e. The third-order valence-corrected chi connectivity index (χ3v) is 6.73. The van der Waals surface area contributed by atoms with Crippen LogP contribution in [-0.2, 0) is 21.7 Å². The van der Waals surface area contributed by atoms with Gasteiger partial charge in [-0.25, -0.2) is 9.19 Å². The summed E-state index contributed by atoms with van der Waals surface area (Å²) in [5.41, 5.74) is 1.49. The molecule has 1 aromatic heterocycles. The number of rotatable bonds is 7. The van der Waals surface area contributed by atoms with E-state index in [1.54, 1.807) is 24.3 Å². The number of hydrogen-bond donors (Lipinski definition) is 2. The van der Waals surface area contributed by atoms with Crippen LogP contribution in [0.5, 0.6) is 0 Å². The maximum absolute atomic E-state index is 14.5. The van der Waals surface area contributed by atoms with Gasteiger partial charge in [0.05, 0.1) is 5.25 Å². The SMILES string of the molecule is O=C(Nc1ccc(-c2ccccc2)cc1)C(F)(F)c1csc(NS(=O)C2CC2)n1. The molecule has 150 valence electrons. The summed E-state index contributed by atoms with van der Waals surface area (Å²) in [5, 5.41) is 3.50. The van der Waals surface area contributed by atoms with Crippen LogP contribution in [-0.4, -0.2) is 20.3 Å². The lowest BCUT2D eigenvalue weighted by Gasteiger charge is -2.14. The minimum absolute atomic E-state index is 0.0463. The fourth-order valence-corrected chi connectivity index (χ4v) is 4.58. The van der Waals surface area contributed by atoms with Gasteiger partial charge in [0.25, 0.3) is 0 Å². The zero-order chi connectivity index (χ0) is 20.4. The third-order valence-electron chi connectivity index (χ3n) is 4.38. The molecule has 0 spiro atoms. The molecule has 0 aliphatic heterocycles. The molecule has 4 rings (SSSR count). The van der Waals surface area contributed by atoms with Crippen LogP contribution in [0.1, 0.15) is 18.5 Å². The molecule has 0 radical (unpaired) electrons. The average Bonchev–Trinajstić information content (AvgIpc) is 3.48. The molecule has 0 bridgehead atoms. The summed E-state index contributed by atoms with van der Waals surface area (Å²) >= 11 is 0.898. The van der Waals surface area contributed by atoms with Gasteiger partial charge < -0.3 is 5.32 Å². The lowest BCUT2D eigenvalue weighted by Crippen LogP contribution is -2.32. The van der Waals surface area contributed by atoms with Crippen LogP contribution in [0.3, 0.4) is 0 Å². The number of hydrogen-bond acceptors (Lipinski definition) is 4. The van der Waals surface area contributed by atoms with Gasteiger partial charge >= 0.3 is 11.8 Å². The van der Waals surface area contributed by atoms with E-state index in [1.165, 1.54) is 0 Å². The molecule has 3 aromatic rings. The van der Waals surface area contributed by atoms with Crippen molar-refractivity contribution in [3.8, 4) is 11.1 Å². The Morgan fingerprint density at radius 2 is 1.72 bits per heavy atom. The van der Waals surface area contributed by atoms with Gasteiger partial charge in [-0.05, 0) is 36.1 Å². The minimum atomic E-state index is -3.81. The van der Waals surface area contributed by atoms with Crippen LogP contribution >= 0.6 is 11.3 Å². The zero-order valence-corrected chi connectivity index (χ0v) is 16.7. The lowest BCUT2D eigenvalue weighted by atomic mass is 10.1. The monoisotopic (exact) mass is 433 g/mol. The Kier molecular flexibility index (Phi) is 5.42. The zero-order valence-electron chi connectivity index (χ0n) is 15.1. The summed E-state index contributed by atoms with van der Waals surface area (Å²) < 4.78 is 43.5. The Bertz CT molecular complexity index is 1040. The Labute approximate surface area is 172 Å². The van der Waals surface area contributed by atoms with Gasteiger partial charge in [0, 0.05) is 11.1 Å². The van der Waals surface area contributed by atoms with E-state index in [-0.39, 0.29) is 16.1 Å². The predicted molar refractivity (Wildman–Crippen MR) is 111 cm³/mol. The molecular formula is C20H17F2N3O2S2. The van der Waals surface area contributed by atoms with E-state index in [0.29, 0.717) is 0 Å². The van der Waals surface area contributed by atoms with Crippen molar-refractivity contribution in [3.05, 3.63) is 65.7 Å². The quantitative estimate of drug-likeness (QED) is 0.563. The number of aromatic nitrogens is 1. The summed E-state index contributed by atoms with van der Waals surface area (Å²) in [6, 6.07) is 16.2. The molecule has 5 nitrogen and oxygen atoms in total. The summed E-state index contributed by atoms with van der Waals surface area (Å²) in [6.07, 6.45) is 1.69. The minimum Gasteiger partial charge on any atom is -0.320 e. The van der Waals surface area contributed by atoms with Crippen molar-refractivity contribution in [1.82, 2.24) is 4.98 Å². The van der Waals surface area contributed by atoms with Crippen molar-refractivity contribution in [2.45, 2.75) is 24.0 Å². The lowest BCUT2D eigenvalue weighted by molar-refractivity contribution is -0.141. The molecular weight excluding hydrogens is 416 g/mol. The molecule has 1 saturated carbocycles. The number of alkyl halides is 2. The van der Waals surface area contributed by atoms with E-state index in [0.717, 1.165) is 40.7 Å². The van der Waals surface area contributed by atoms with Crippen molar-refractivity contribution in [2.24, 2.45) is 0 Å². The molecule has 1 fully saturated rings. The number of thiazole rings is 1. The fraction of sp³-hybridized carbons (Fsp3) is 0.200. The van der Waals surface area contributed by atoms with Crippen LogP contribution in [0.25, 0.3) is 11.1 Å². The van der Waals surface area contributed by atoms with Crippen molar-refractivity contribution >= 4 is 39.0 Å². The summed E-state index contributed by atoms with van der Waals surface area (Å²) in [4.78, 5) is 15.9. The van der Waals surface area contributed by atoms with E-state index in [9.17, 15) is 17.8 Å². The highest BCUT2D eigenvalue weighted by Gasteiger charge is 2.43. The number of amides is 1. The fourth-order valence-electron chi connectivity index (χ4n) is 2.62. The van der Waals surface area contributed by atoms with E-state index in [4.69, 9.17) is 0 Å². The van der Waals surface area contributed by atoms with Gasteiger partial charge in [-0.1, -0.05) is 42.5 Å². The van der Waals surface area contributed by atoms with Crippen LogP contribution in [0.2, 0.25) is 0 Å². The van der Waals surface area contributed by atoms with Gasteiger partial charge in [0.1, 0.15) is 16.7 Å². The van der Waals surface area contributed by atoms with Gasteiger partial charge in [-0.2, -0.15) is 8.78 Å². The maximum atomic E-state index is 14.5. The Balaban J connectivity index is 1.43. The van der Waals surface area contributed by atoms with Crippen molar-refractivity contribution in [3.63, 3.8) is 0 Å². The molecule has 29 heavy (non-hydrogen) atoms. The molecule has 1 atom stereocenters. The van der Waals surface area contributed by atoms with Gasteiger partial charge in [-0.15, -0.1) is 11.3 Å². The Morgan fingerprint density at radius 1 is 1.07 bits per heavy atom. The van der Waals surface area contributed by atoms with E-state index < -0.39 is 28.5 Å². The topological polar surface area (TPSA) is 71.1 Å². The van der Waals surface area contributed by atoms with Gasteiger partial charge in [0.15, 0.2) is 5.13 Å². The number of anilines is 2. The number of carbonyl (C=O) groups is 1. The molecule has 1 unspecified atom stereocenters. The molecule has 9 heteroatoms. The number of halogens is 2. The van der Waals surface area contributed by atoms with Crippen LogP contribution in [0.4, 0.5) is 19.6 Å². The van der Waals surface area contributed by atoms with E-state index in [1.807, 2.05) is 30.3 Å². The largest absolute Gasteiger partial charge is 0.367 e. The smallest absolute Gasteiger partial charge is 0.320 e. The van der Waals surface area contributed by atoms with Crippen molar-refractivity contribution in [2.75, 3.05) is 10.0 Å². The van der Waals surface area contributed by atoms with Crippen LogP contribution in [0, 0.1) is 0 Å². The van der Waals surface area contributed by atoms with Crippen LogP contribution in [0.15, 0.2) is 60.0 Å². The number of nitrogens with one attached hydrogen (secondary N) is 2. The average molecular weight is 434 g/mol. The number of nitrogens with zero attached hydrogens (tertiary/aromatic N) is 1. The van der Waals surface area contributed by atoms with E-state index in [2.05, 4.69) is 15.0 Å². The Hall–Kier alpha value is -2.65. The normalized spacial score (nSPS) is 15.0. The molecule has 1 amide bonds. The van der Waals surface area contributed by atoms with Gasteiger partial charge in [-0.3, -0.25) is 9.52 Å². The first-order valence-electron chi connectivity index (χ1n) is 8.91. The van der Waals surface area contributed by atoms with Crippen LogP contribution < -0.4 is 10.0 Å². The van der Waals surface area contributed by atoms with Crippen molar-refractivity contribution < 1.29 is 17.8 Å². The predicted octanol–water partition coefficient (Wildman–Crippen LogP) is 4.78. The standard InChI is InChI=1S/C20H17F2N3O2S2/c21-20(22,17-12-28-19(24-17)25-29(27)16-10-11-16)18(26)23-15-8-6-14(7-9-15)13-4-2-1-3-5-13/h1-9,12,16H,10-11H2,(H,23,26)(H,24,25). The molecule has 2 aromatic carbocycles. The molecule has 1 aliphatic rings. The highest BCUT2D eigenvalue weighted by atomic mass is 32.2. The summed E-state index contributed by atoms with van der Waals surface area (Å²) in [6.45, 7) is 0. The number of benzene rings is 2. The Morgan fingerprint density at radius 3 is 2.38 bits per heavy atom. The molecule has 0 saturated heterocycles. The van der Waals surface area contributed by atoms with E-state index >= 15 is 0 Å². The molecule has 1 aliphatic carbocycles. The number of carbonyl (C=O) groups excluding carboxylic acids is 1. The third kappa shape index (κ3) is 4.51. The second-order valence-electron chi connectivity index (χ2n) is 6.61. The summed E-state index contributed by atoms with van der Waals surface area (Å²) in [5.74, 6) is -5.28. The molecule has 1 heterocycles. The van der Waals surface area contributed by atoms with Gasteiger partial charge in [0.2, 0.25) is 0 Å². The van der Waals surface area contributed by atoms with Crippen molar-refractivity contribution in [1.29, 1.82) is 0 Å². The second-order valence-corrected chi connectivity index (χ2v) is 8.93. The first kappa shape index (κ1) is 19.7. The highest BCUT2D eigenvalue weighted by molar-refractivity contribution is 7.87. The first-order valence-corrected chi connectivity index (χ1v) is 11.0. The highest BCUT2D eigenvalue weighted by Crippen LogP contribution is 2.34. The summed E-state index contributed by atoms with van der Waals surface area (Å²) in [7, 11) is -1.33.